The van der Waals surface area contributed by atoms with E-state index in [0.29, 0.717) is 12.8 Å². The quantitative estimate of drug-likeness (QED) is 0.105. The molecule has 10 heteroatoms. The first kappa shape index (κ1) is 34.9. The lowest BCUT2D eigenvalue weighted by atomic mass is 9.45. The van der Waals surface area contributed by atoms with Gasteiger partial charge in [0.2, 0.25) is 11.7 Å². The smallest absolute Gasteiger partial charge is 0.383 e. The zero-order chi connectivity index (χ0) is 33.5. The molecule has 45 heavy (non-hydrogen) atoms. The van der Waals surface area contributed by atoms with E-state index >= 15 is 0 Å². The molecule has 250 valence electrons. The number of carbonyl (C=O) groups excluding carboxylic acids is 4. The number of cyclic esters (lactones) is 1. The fourth-order valence-electron chi connectivity index (χ4n) is 8.75. The Morgan fingerprint density at radius 1 is 1.11 bits per heavy atom. The number of rotatable bonds is 9. The monoisotopic (exact) mass is 630 g/mol. The van der Waals surface area contributed by atoms with Gasteiger partial charge in [-0.1, -0.05) is 86.1 Å². The summed E-state index contributed by atoms with van der Waals surface area (Å²) in [5.74, 6) is -4.74. The van der Waals surface area contributed by atoms with Gasteiger partial charge in [0.15, 0.2) is 0 Å². The topological polar surface area (TPSA) is 124 Å². The second-order valence-electron chi connectivity index (χ2n) is 14.6. The van der Waals surface area contributed by atoms with Crippen molar-refractivity contribution in [3.63, 3.8) is 0 Å². The van der Waals surface area contributed by atoms with Crippen molar-refractivity contribution in [1.29, 1.82) is 0 Å². The molecule has 4 fully saturated rings. The molecule has 0 radical (unpaired) electrons. The molecule has 10 atom stereocenters. The van der Waals surface area contributed by atoms with Gasteiger partial charge in [-0.3, -0.25) is 9.68 Å². The Balaban J connectivity index is 1.94. The molecule has 0 aromatic rings. The van der Waals surface area contributed by atoms with Crippen LogP contribution in [0.15, 0.2) is 36.5 Å². The Labute approximate surface area is 266 Å². The molecule has 3 aliphatic heterocycles. The van der Waals surface area contributed by atoms with Gasteiger partial charge in [0.1, 0.15) is 6.10 Å². The lowest BCUT2D eigenvalue weighted by Gasteiger charge is -2.59. The van der Waals surface area contributed by atoms with E-state index in [9.17, 15) is 19.2 Å². The summed E-state index contributed by atoms with van der Waals surface area (Å²) >= 11 is 0. The van der Waals surface area contributed by atoms with Crippen LogP contribution in [0.5, 0.6) is 0 Å². The SMILES string of the molecule is C=C/C=C\C=C(\C(=O)OC1C(=O)OOC23C(=O)OC(C)C[C@@H](C(C)(C)C)C1(C)C2(C)CC1OC(=O)C(C)C13)C(CCCC)OC. The minimum absolute atomic E-state index is 0.174. The summed E-state index contributed by atoms with van der Waals surface area (Å²) in [4.78, 5) is 67.0. The van der Waals surface area contributed by atoms with Crippen molar-refractivity contribution in [2.45, 2.75) is 118 Å². The number of ether oxygens (including phenoxy) is 4. The number of allylic oxidation sites excluding steroid dienone is 4. The highest BCUT2D eigenvalue weighted by molar-refractivity contribution is 5.93. The van der Waals surface area contributed by atoms with E-state index in [-0.39, 0.29) is 17.9 Å². The lowest BCUT2D eigenvalue weighted by molar-refractivity contribution is -0.358. The first-order valence-electron chi connectivity index (χ1n) is 16.1. The van der Waals surface area contributed by atoms with E-state index in [1.54, 1.807) is 38.2 Å². The molecule has 4 aliphatic rings. The summed E-state index contributed by atoms with van der Waals surface area (Å²) in [7, 11) is 1.53. The highest BCUT2D eigenvalue weighted by Gasteiger charge is 2.83. The van der Waals surface area contributed by atoms with Crippen LogP contribution in [0, 0.1) is 34.0 Å². The molecule has 10 nitrogen and oxygen atoms in total. The number of fused-ring (bicyclic) bond motifs is 1. The third-order valence-electron chi connectivity index (χ3n) is 11.1. The van der Waals surface area contributed by atoms with Gasteiger partial charge in [0, 0.05) is 17.9 Å². The molecule has 4 rings (SSSR count). The Hall–Kier alpha value is -2.98. The van der Waals surface area contributed by atoms with Crippen molar-refractivity contribution in [2.75, 3.05) is 7.11 Å². The summed E-state index contributed by atoms with van der Waals surface area (Å²) in [6.07, 6.45) is 6.01. The Morgan fingerprint density at radius 2 is 1.80 bits per heavy atom. The van der Waals surface area contributed by atoms with Gasteiger partial charge in [0.25, 0.3) is 0 Å². The van der Waals surface area contributed by atoms with Crippen molar-refractivity contribution in [3.05, 3.63) is 36.5 Å². The number of hydrogen-bond acceptors (Lipinski definition) is 10. The average molecular weight is 631 g/mol. The maximum atomic E-state index is 14.3. The summed E-state index contributed by atoms with van der Waals surface area (Å²) in [5, 5.41) is 0. The number of methoxy groups -OCH3 is 1. The Bertz CT molecular complexity index is 1260. The maximum Gasteiger partial charge on any atom is 0.383 e. The van der Waals surface area contributed by atoms with Crippen LogP contribution in [0.3, 0.4) is 0 Å². The van der Waals surface area contributed by atoms with Gasteiger partial charge in [0.05, 0.1) is 29.6 Å². The summed E-state index contributed by atoms with van der Waals surface area (Å²) in [5.41, 5.74) is -4.63. The van der Waals surface area contributed by atoms with Gasteiger partial charge >= 0.3 is 23.9 Å². The first-order valence-corrected chi connectivity index (χ1v) is 16.1. The third kappa shape index (κ3) is 5.45. The van der Waals surface area contributed by atoms with Crippen LogP contribution in [-0.2, 0) is 47.9 Å². The summed E-state index contributed by atoms with van der Waals surface area (Å²) in [6, 6.07) is 0. The molecule has 0 aromatic heterocycles. The van der Waals surface area contributed by atoms with E-state index in [2.05, 4.69) is 27.4 Å². The Kier molecular flexibility index (Phi) is 9.82. The predicted molar refractivity (Wildman–Crippen MR) is 164 cm³/mol. The van der Waals surface area contributed by atoms with E-state index < -0.39 is 82.0 Å². The predicted octanol–water partition coefficient (Wildman–Crippen LogP) is 5.59. The first-order chi connectivity index (χ1) is 21.0. The fraction of sp³-hybridized carbons (Fsp3) is 0.714. The van der Waals surface area contributed by atoms with E-state index in [4.69, 9.17) is 28.7 Å². The highest BCUT2D eigenvalue weighted by atomic mass is 17.2. The second-order valence-corrected chi connectivity index (χ2v) is 14.6. The molecule has 3 saturated heterocycles. The van der Waals surface area contributed by atoms with Crippen LogP contribution in [-0.4, -0.2) is 61.0 Å². The molecular formula is C35H50O10. The van der Waals surface area contributed by atoms with Crippen molar-refractivity contribution in [3.8, 4) is 0 Å². The third-order valence-corrected chi connectivity index (χ3v) is 11.1. The molecule has 0 aromatic carbocycles. The lowest BCUT2D eigenvalue weighted by Crippen LogP contribution is -2.68. The van der Waals surface area contributed by atoms with Gasteiger partial charge < -0.3 is 18.9 Å². The molecule has 1 saturated carbocycles. The van der Waals surface area contributed by atoms with Crippen LogP contribution in [0.2, 0.25) is 0 Å². The largest absolute Gasteiger partial charge is 0.462 e. The molecule has 2 bridgehead atoms. The van der Waals surface area contributed by atoms with Crippen molar-refractivity contribution >= 4 is 23.9 Å². The van der Waals surface area contributed by atoms with E-state index in [1.165, 1.54) is 7.11 Å². The van der Waals surface area contributed by atoms with Crippen molar-refractivity contribution in [2.24, 2.45) is 34.0 Å². The maximum absolute atomic E-state index is 14.3. The molecule has 0 spiro atoms. The zero-order valence-corrected chi connectivity index (χ0v) is 28.2. The van der Waals surface area contributed by atoms with Crippen LogP contribution in [0.4, 0.5) is 0 Å². The summed E-state index contributed by atoms with van der Waals surface area (Å²) in [6.45, 7) is 19.1. The molecule has 1 aliphatic carbocycles. The average Bonchev–Trinajstić information content (AvgIpc) is 3.36. The molecule has 0 N–H and O–H groups in total. The van der Waals surface area contributed by atoms with Crippen LogP contribution in [0.25, 0.3) is 0 Å². The Morgan fingerprint density at radius 3 is 2.40 bits per heavy atom. The van der Waals surface area contributed by atoms with Crippen LogP contribution in [0.1, 0.15) is 87.5 Å². The number of carbonyl (C=O) groups is 4. The van der Waals surface area contributed by atoms with Gasteiger partial charge in [-0.05, 0) is 43.6 Å². The van der Waals surface area contributed by atoms with Gasteiger partial charge in [-0.25, -0.2) is 14.4 Å². The second kappa shape index (κ2) is 12.7. The standard InChI is InChI=1S/C35H50O10/c1-11-13-15-16-22(23(40-10)17-14-12-2)29(37)43-27-30(38)44-45-35-26-21(4)28(36)42-24(26)19-33(35,8)34(27,9)25(32(5,6)7)18-20(3)41-31(35)39/h11,13,15-16,20-21,23-27H,1,12,14,17-19H2,2-10H3/b15-13-,22-16+/t20?,21?,23?,24?,25-,26?,27?,33?,34?,35?/m0/s1. The number of hydrogen-bond donors (Lipinski definition) is 0. The molecular weight excluding hydrogens is 580 g/mol. The summed E-state index contributed by atoms with van der Waals surface area (Å²) < 4.78 is 23.9. The van der Waals surface area contributed by atoms with Crippen LogP contribution >= 0.6 is 0 Å². The number of esters is 3. The minimum Gasteiger partial charge on any atom is -0.462 e. The molecule has 9 unspecified atom stereocenters. The highest BCUT2D eigenvalue weighted by Crippen LogP contribution is 2.71. The van der Waals surface area contributed by atoms with Crippen LogP contribution < -0.4 is 0 Å². The molecule has 3 heterocycles. The number of unbranched alkanes of at least 4 members (excludes halogenated alkanes) is 1. The van der Waals surface area contributed by atoms with E-state index in [0.717, 1.165) is 12.8 Å². The zero-order valence-electron chi connectivity index (χ0n) is 28.2. The van der Waals surface area contributed by atoms with E-state index in [1.807, 2.05) is 20.8 Å². The molecule has 0 amide bonds. The minimum atomic E-state index is -1.89. The normalized spacial score (nSPS) is 39.0. The van der Waals surface area contributed by atoms with Crippen molar-refractivity contribution < 1.29 is 47.9 Å². The van der Waals surface area contributed by atoms with Crippen molar-refractivity contribution in [1.82, 2.24) is 0 Å². The van der Waals surface area contributed by atoms with Gasteiger partial charge in [-0.15, -0.1) is 0 Å². The van der Waals surface area contributed by atoms with Gasteiger partial charge in [-0.2, -0.15) is 4.89 Å². The fourth-order valence-corrected chi connectivity index (χ4v) is 8.75.